The Hall–Kier alpha value is -2.61. The van der Waals surface area contributed by atoms with Gasteiger partial charge in [0.1, 0.15) is 11.6 Å². The predicted octanol–water partition coefficient (Wildman–Crippen LogP) is 4.61. The number of fused-ring (bicyclic) bond motifs is 1. The second kappa shape index (κ2) is 6.77. The molecule has 0 saturated carbocycles. The summed E-state index contributed by atoms with van der Waals surface area (Å²) in [4.78, 5) is 6.73. The molecule has 1 unspecified atom stereocenters. The van der Waals surface area contributed by atoms with Gasteiger partial charge < -0.3 is 15.2 Å². The van der Waals surface area contributed by atoms with E-state index in [-0.39, 0.29) is 11.3 Å². The van der Waals surface area contributed by atoms with E-state index < -0.39 is 41.6 Å². The molecule has 150 valence electrons. The Morgan fingerprint density at radius 3 is 2.46 bits per heavy atom. The molecule has 0 aliphatic rings. The number of H-pyrrole nitrogens is 1. The molecule has 3 N–H and O–H groups in total. The van der Waals surface area contributed by atoms with Crippen LogP contribution in [0.5, 0.6) is 5.75 Å². The SMILES string of the molecule is CC(C)(CC(O)(Cc1cc2ccncc2[nH]1)C(F)(F)F)c1c(O)cccc1F. The fourth-order valence-corrected chi connectivity index (χ4v) is 3.71. The van der Waals surface area contributed by atoms with Crippen LogP contribution in [0.4, 0.5) is 17.6 Å². The van der Waals surface area contributed by atoms with E-state index in [9.17, 15) is 27.8 Å². The maximum absolute atomic E-state index is 14.2. The van der Waals surface area contributed by atoms with Crippen LogP contribution in [0, 0.1) is 5.82 Å². The summed E-state index contributed by atoms with van der Waals surface area (Å²) in [6.07, 6.45) is -3.57. The zero-order valence-corrected chi connectivity index (χ0v) is 15.3. The number of pyridine rings is 1. The number of aromatic hydroxyl groups is 1. The van der Waals surface area contributed by atoms with Crippen molar-refractivity contribution in [2.24, 2.45) is 0 Å². The highest BCUT2D eigenvalue weighted by molar-refractivity contribution is 5.79. The van der Waals surface area contributed by atoms with Crippen molar-refractivity contribution >= 4 is 10.9 Å². The van der Waals surface area contributed by atoms with Crippen LogP contribution in [-0.4, -0.2) is 32.0 Å². The molecule has 1 atom stereocenters. The molecule has 2 aromatic heterocycles. The summed E-state index contributed by atoms with van der Waals surface area (Å²) in [5.74, 6) is -1.28. The summed E-state index contributed by atoms with van der Waals surface area (Å²) < 4.78 is 55.8. The van der Waals surface area contributed by atoms with Gasteiger partial charge in [0.15, 0.2) is 5.60 Å². The van der Waals surface area contributed by atoms with Gasteiger partial charge >= 0.3 is 6.18 Å². The van der Waals surface area contributed by atoms with Crippen LogP contribution >= 0.6 is 0 Å². The Bertz CT molecular complexity index is 944. The number of hydrogen-bond donors (Lipinski definition) is 3. The van der Waals surface area contributed by atoms with Gasteiger partial charge in [0.2, 0.25) is 0 Å². The number of nitrogens with one attached hydrogen (secondary N) is 1. The number of alkyl halides is 3. The zero-order valence-electron chi connectivity index (χ0n) is 15.3. The number of phenolic OH excluding ortho intramolecular Hbond substituents is 1. The third-order valence-corrected chi connectivity index (χ3v) is 4.89. The highest BCUT2D eigenvalue weighted by Crippen LogP contribution is 2.45. The maximum Gasteiger partial charge on any atom is 0.417 e. The molecule has 28 heavy (non-hydrogen) atoms. The van der Waals surface area contributed by atoms with Crippen LogP contribution in [0.3, 0.4) is 0 Å². The number of phenols is 1. The van der Waals surface area contributed by atoms with Crippen LogP contribution in [0.25, 0.3) is 10.9 Å². The summed E-state index contributed by atoms with van der Waals surface area (Å²) in [6, 6.07) is 6.69. The van der Waals surface area contributed by atoms with E-state index in [0.717, 1.165) is 6.07 Å². The molecule has 0 amide bonds. The molecule has 0 aliphatic heterocycles. The highest BCUT2D eigenvalue weighted by atomic mass is 19.4. The lowest BCUT2D eigenvalue weighted by Crippen LogP contribution is -2.51. The third-order valence-electron chi connectivity index (χ3n) is 4.89. The number of nitrogens with zero attached hydrogens (tertiary/aromatic N) is 1. The monoisotopic (exact) mass is 396 g/mol. The lowest BCUT2D eigenvalue weighted by Gasteiger charge is -2.38. The van der Waals surface area contributed by atoms with E-state index in [4.69, 9.17) is 0 Å². The Morgan fingerprint density at radius 1 is 1.14 bits per heavy atom. The van der Waals surface area contributed by atoms with Gasteiger partial charge in [-0.1, -0.05) is 19.9 Å². The minimum atomic E-state index is -4.97. The Labute approximate surface area is 158 Å². The van der Waals surface area contributed by atoms with Crippen molar-refractivity contribution in [2.75, 3.05) is 0 Å². The second-order valence-electron chi connectivity index (χ2n) is 7.66. The molecule has 0 fully saturated rings. The van der Waals surface area contributed by atoms with Crippen LogP contribution in [-0.2, 0) is 11.8 Å². The number of aromatic nitrogens is 2. The predicted molar refractivity (Wildman–Crippen MR) is 96.5 cm³/mol. The molecule has 3 rings (SSSR count). The quantitative estimate of drug-likeness (QED) is 0.552. The molecular formula is C20H20F4N2O2. The van der Waals surface area contributed by atoms with Crippen LogP contribution in [0.2, 0.25) is 0 Å². The summed E-state index contributed by atoms with van der Waals surface area (Å²) in [6.45, 7) is 2.72. The van der Waals surface area contributed by atoms with Crippen LogP contribution < -0.4 is 0 Å². The van der Waals surface area contributed by atoms with Crippen LogP contribution in [0.15, 0.2) is 42.7 Å². The normalized spacial score (nSPS) is 15.0. The molecule has 4 nitrogen and oxygen atoms in total. The van der Waals surface area contributed by atoms with Crippen molar-refractivity contribution in [3.8, 4) is 5.75 Å². The number of rotatable bonds is 5. The van der Waals surface area contributed by atoms with E-state index in [1.807, 2.05) is 0 Å². The number of benzene rings is 1. The van der Waals surface area contributed by atoms with E-state index >= 15 is 0 Å². The maximum atomic E-state index is 14.2. The summed E-state index contributed by atoms with van der Waals surface area (Å²) in [5.41, 5.74) is -4.17. The van der Waals surface area contributed by atoms with Crippen molar-refractivity contribution in [1.29, 1.82) is 0 Å². The molecule has 0 bridgehead atoms. The minimum Gasteiger partial charge on any atom is -0.508 e. The molecule has 0 radical (unpaired) electrons. The second-order valence-corrected chi connectivity index (χ2v) is 7.66. The summed E-state index contributed by atoms with van der Waals surface area (Å²) in [5, 5.41) is 21.3. The Balaban J connectivity index is 1.99. The van der Waals surface area contributed by atoms with E-state index in [1.165, 1.54) is 44.4 Å². The van der Waals surface area contributed by atoms with Gasteiger partial charge in [-0.3, -0.25) is 4.98 Å². The molecule has 0 spiro atoms. The van der Waals surface area contributed by atoms with Gasteiger partial charge in [-0.25, -0.2) is 4.39 Å². The first-order valence-electron chi connectivity index (χ1n) is 8.62. The van der Waals surface area contributed by atoms with Gasteiger partial charge in [-0.05, 0) is 36.1 Å². The third kappa shape index (κ3) is 3.69. The largest absolute Gasteiger partial charge is 0.508 e. The van der Waals surface area contributed by atoms with E-state index in [2.05, 4.69) is 9.97 Å². The van der Waals surface area contributed by atoms with Crippen molar-refractivity contribution in [3.63, 3.8) is 0 Å². The van der Waals surface area contributed by atoms with Gasteiger partial charge in [0.05, 0.1) is 11.7 Å². The number of halogens is 4. The molecule has 1 aromatic carbocycles. The van der Waals surface area contributed by atoms with Crippen LogP contribution in [0.1, 0.15) is 31.5 Å². The standard InChI is InChI=1S/C20H20F4N2O2/c1-18(2,17-14(21)4-3-5-16(17)27)11-19(28,20(22,23)24)9-13-8-12-6-7-25-10-15(12)26-13/h3-8,10,26-28H,9,11H2,1-2H3. The minimum absolute atomic E-state index is 0.177. The topological polar surface area (TPSA) is 69.1 Å². The van der Waals surface area contributed by atoms with Gasteiger partial charge in [-0.2, -0.15) is 13.2 Å². The Morgan fingerprint density at radius 2 is 1.86 bits per heavy atom. The van der Waals surface area contributed by atoms with Gasteiger partial charge in [0, 0.05) is 29.3 Å². The average Bonchev–Trinajstić information content (AvgIpc) is 2.94. The van der Waals surface area contributed by atoms with Crippen molar-refractivity contribution in [3.05, 3.63) is 59.8 Å². The first kappa shape index (κ1) is 20.1. The van der Waals surface area contributed by atoms with E-state index in [1.54, 1.807) is 6.07 Å². The molecule has 3 aromatic rings. The molecule has 8 heteroatoms. The molecule has 0 saturated heterocycles. The Kier molecular flexibility index (Phi) is 4.87. The lowest BCUT2D eigenvalue weighted by molar-refractivity contribution is -0.266. The zero-order chi connectivity index (χ0) is 20.7. The molecule has 0 aliphatic carbocycles. The lowest BCUT2D eigenvalue weighted by atomic mass is 9.73. The average molecular weight is 396 g/mol. The molecule has 2 heterocycles. The smallest absolute Gasteiger partial charge is 0.417 e. The van der Waals surface area contributed by atoms with Crippen molar-refractivity contribution in [2.45, 2.75) is 43.9 Å². The fraction of sp³-hybridized carbons (Fsp3) is 0.350. The fourth-order valence-electron chi connectivity index (χ4n) is 3.71. The highest BCUT2D eigenvalue weighted by Gasteiger charge is 2.56. The first-order chi connectivity index (χ1) is 12.9. The van der Waals surface area contributed by atoms with Gasteiger partial charge in [-0.15, -0.1) is 0 Å². The summed E-state index contributed by atoms with van der Waals surface area (Å²) in [7, 11) is 0. The van der Waals surface area contributed by atoms with Crippen molar-refractivity contribution < 1.29 is 27.8 Å². The first-order valence-corrected chi connectivity index (χ1v) is 8.62. The number of aliphatic hydroxyl groups is 1. The summed E-state index contributed by atoms with van der Waals surface area (Å²) >= 11 is 0. The number of hydrogen-bond acceptors (Lipinski definition) is 3. The number of aromatic amines is 1. The molecular weight excluding hydrogens is 376 g/mol. The van der Waals surface area contributed by atoms with E-state index in [0.29, 0.717) is 10.9 Å². The van der Waals surface area contributed by atoms with Gasteiger partial charge in [0.25, 0.3) is 0 Å². The van der Waals surface area contributed by atoms with Crippen molar-refractivity contribution in [1.82, 2.24) is 9.97 Å².